The van der Waals surface area contributed by atoms with E-state index in [4.69, 9.17) is 0 Å². The molecule has 1 heterocycles. The lowest BCUT2D eigenvalue weighted by molar-refractivity contribution is 0.668. The average molecular weight is 305 g/mol. The van der Waals surface area contributed by atoms with E-state index in [2.05, 4.69) is 73.9 Å². The molecule has 0 N–H and O–H groups in total. The molecule has 120 valence electrons. The molecule has 0 saturated carbocycles. The summed E-state index contributed by atoms with van der Waals surface area (Å²) in [4.78, 5) is 0. The zero-order valence-corrected chi connectivity index (χ0v) is 14.6. The highest BCUT2D eigenvalue weighted by molar-refractivity contribution is 5.86. The molecule has 0 bridgehead atoms. The number of fused-ring (bicyclic) bond motifs is 1. The highest BCUT2D eigenvalue weighted by Crippen LogP contribution is 2.29. The molecule has 0 aliphatic heterocycles. The van der Waals surface area contributed by atoms with Gasteiger partial charge in [0.15, 0.2) is 0 Å². The Morgan fingerprint density at radius 3 is 2.39 bits per heavy atom. The third-order valence-corrected chi connectivity index (χ3v) is 4.75. The summed E-state index contributed by atoms with van der Waals surface area (Å²) in [6.07, 6.45) is 4.59. The van der Waals surface area contributed by atoms with E-state index in [0.29, 0.717) is 0 Å². The second-order valence-corrected chi connectivity index (χ2v) is 6.44. The molecule has 0 saturated heterocycles. The molecule has 0 atom stereocenters. The molecule has 23 heavy (non-hydrogen) atoms. The molecule has 0 fully saturated rings. The maximum atomic E-state index is 2.57. The van der Waals surface area contributed by atoms with Gasteiger partial charge in [-0.3, -0.25) is 0 Å². The lowest BCUT2D eigenvalue weighted by Crippen LogP contribution is -2.06. The minimum atomic E-state index is 1.07. The van der Waals surface area contributed by atoms with Gasteiger partial charge in [-0.2, -0.15) is 0 Å². The van der Waals surface area contributed by atoms with Crippen molar-refractivity contribution < 1.29 is 0 Å². The first kappa shape index (κ1) is 15.9. The third kappa shape index (κ3) is 3.19. The number of hydrogen-bond acceptors (Lipinski definition) is 0. The molecule has 0 aliphatic rings. The average Bonchev–Trinajstić information content (AvgIpc) is 2.86. The summed E-state index contributed by atoms with van der Waals surface area (Å²) in [6, 6.07) is 17.8. The Labute approximate surface area is 140 Å². The lowest BCUT2D eigenvalue weighted by atomic mass is 10.0. The van der Waals surface area contributed by atoms with Crippen molar-refractivity contribution in [3.05, 3.63) is 70.9 Å². The van der Waals surface area contributed by atoms with Gasteiger partial charge < -0.3 is 4.57 Å². The van der Waals surface area contributed by atoms with E-state index in [1.54, 1.807) is 11.3 Å². The fraction of sp³-hybridized carbons (Fsp3) is 0.364. The van der Waals surface area contributed by atoms with Crippen molar-refractivity contribution in [3.63, 3.8) is 0 Å². The molecule has 0 radical (unpaired) electrons. The number of aryl methyl sites for hydroxylation is 4. The van der Waals surface area contributed by atoms with Crippen LogP contribution in [0.25, 0.3) is 10.9 Å². The number of benzene rings is 2. The van der Waals surface area contributed by atoms with Crippen molar-refractivity contribution in [2.24, 2.45) is 0 Å². The van der Waals surface area contributed by atoms with Gasteiger partial charge in [-0.15, -0.1) is 0 Å². The number of nitrogens with zero attached hydrogens (tertiary/aromatic N) is 1. The first-order chi connectivity index (χ1) is 11.2. The summed E-state index contributed by atoms with van der Waals surface area (Å²) in [5, 5.41) is 1.46. The van der Waals surface area contributed by atoms with Crippen molar-refractivity contribution in [1.82, 2.24) is 4.57 Å². The molecule has 0 spiro atoms. The van der Waals surface area contributed by atoms with E-state index in [1.807, 2.05) is 0 Å². The smallest absolute Gasteiger partial charge is 0.0485 e. The molecule has 3 aromatic rings. The number of aromatic nitrogens is 1. The van der Waals surface area contributed by atoms with Crippen molar-refractivity contribution >= 4 is 10.9 Å². The lowest BCUT2D eigenvalue weighted by Gasteiger charge is -2.12. The SMILES string of the molecule is CCCc1c(CC)c2cc(C)ccc2n1CCc1ccccc1. The molecule has 1 aromatic heterocycles. The standard InChI is InChI=1S/C22H27N/c1-4-9-21-19(5-2)20-16-17(3)12-13-22(20)23(21)15-14-18-10-7-6-8-11-18/h6-8,10-13,16H,4-5,9,14-15H2,1-3H3. The van der Waals surface area contributed by atoms with Crippen LogP contribution in [0.5, 0.6) is 0 Å². The number of hydrogen-bond donors (Lipinski definition) is 0. The van der Waals surface area contributed by atoms with Gasteiger partial charge in [0.1, 0.15) is 0 Å². The van der Waals surface area contributed by atoms with Crippen molar-refractivity contribution in [2.75, 3.05) is 0 Å². The second-order valence-electron chi connectivity index (χ2n) is 6.44. The summed E-state index contributed by atoms with van der Waals surface area (Å²) in [7, 11) is 0. The Morgan fingerprint density at radius 1 is 0.913 bits per heavy atom. The van der Waals surface area contributed by atoms with E-state index in [-0.39, 0.29) is 0 Å². The van der Waals surface area contributed by atoms with Crippen LogP contribution >= 0.6 is 0 Å². The highest BCUT2D eigenvalue weighted by Gasteiger charge is 2.15. The summed E-state index contributed by atoms with van der Waals surface area (Å²) in [5.74, 6) is 0. The zero-order valence-electron chi connectivity index (χ0n) is 14.6. The van der Waals surface area contributed by atoms with Crippen LogP contribution in [0.3, 0.4) is 0 Å². The van der Waals surface area contributed by atoms with E-state index in [1.165, 1.54) is 34.9 Å². The van der Waals surface area contributed by atoms with Crippen LogP contribution in [0.15, 0.2) is 48.5 Å². The van der Waals surface area contributed by atoms with E-state index < -0.39 is 0 Å². The van der Waals surface area contributed by atoms with Gasteiger partial charge in [0.2, 0.25) is 0 Å². The van der Waals surface area contributed by atoms with Gasteiger partial charge in [-0.1, -0.05) is 62.2 Å². The van der Waals surface area contributed by atoms with Crippen LogP contribution in [0.4, 0.5) is 0 Å². The molecule has 0 amide bonds. The summed E-state index contributed by atoms with van der Waals surface area (Å²) < 4.78 is 2.57. The zero-order chi connectivity index (χ0) is 16.2. The van der Waals surface area contributed by atoms with Crippen LogP contribution < -0.4 is 0 Å². The Balaban J connectivity index is 2.04. The van der Waals surface area contributed by atoms with Crippen molar-refractivity contribution in [1.29, 1.82) is 0 Å². The second kappa shape index (κ2) is 7.04. The minimum Gasteiger partial charge on any atom is -0.344 e. The summed E-state index contributed by atoms with van der Waals surface area (Å²) in [6.45, 7) is 7.83. The van der Waals surface area contributed by atoms with Crippen LogP contribution in [0, 0.1) is 6.92 Å². The predicted molar refractivity (Wildman–Crippen MR) is 100 cm³/mol. The quantitative estimate of drug-likeness (QED) is 0.550. The van der Waals surface area contributed by atoms with Crippen LogP contribution in [-0.4, -0.2) is 4.57 Å². The van der Waals surface area contributed by atoms with Gasteiger partial charge in [0, 0.05) is 23.1 Å². The fourth-order valence-electron chi connectivity index (χ4n) is 3.65. The van der Waals surface area contributed by atoms with Gasteiger partial charge >= 0.3 is 0 Å². The van der Waals surface area contributed by atoms with Gasteiger partial charge in [0.05, 0.1) is 0 Å². The first-order valence-corrected chi connectivity index (χ1v) is 8.89. The summed E-state index contributed by atoms with van der Waals surface area (Å²) >= 11 is 0. The van der Waals surface area contributed by atoms with E-state index in [9.17, 15) is 0 Å². The van der Waals surface area contributed by atoms with Crippen LogP contribution in [-0.2, 0) is 25.8 Å². The summed E-state index contributed by atoms with van der Waals surface area (Å²) in [5.41, 5.74) is 7.29. The highest BCUT2D eigenvalue weighted by atomic mass is 15.0. The molecular weight excluding hydrogens is 278 g/mol. The monoisotopic (exact) mass is 305 g/mol. The first-order valence-electron chi connectivity index (χ1n) is 8.89. The van der Waals surface area contributed by atoms with E-state index in [0.717, 1.165) is 19.4 Å². The van der Waals surface area contributed by atoms with Crippen molar-refractivity contribution in [2.45, 2.75) is 53.0 Å². The Bertz CT molecular complexity index is 781. The molecule has 0 aliphatic carbocycles. The molecule has 3 rings (SSSR count). The fourth-order valence-corrected chi connectivity index (χ4v) is 3.65. The normalized spacial score (nSPS) is 11.3. The number of rotatable bonds is 6. The molecule has 2 aromatic carbocycles. The minimum absolute atomic E-state index is 1.07. The molecule has 0 unspecified atom stereocenters. The Morgan fingerprint density at radius 2 is 1.70 bits per heavy atom. The largest absolute Gasteiger partial charge is 0.344 e. The topological polar surface area (TPSA) is 4.93 Å². The van der Waals surface area contributed by atoms with Gasteiger partial charge in [-0.05, 0) is 49.4 Å². The van der Waals surface area contributed by atoms with E-state index >= 15 is 0 Å². The third-order valence-electron chi connectivity index (χ3n) is 4.75. The van der Waals surface area contributed by atoms with Crippen LogP contribution in [0.2, 0.25) is 0 Å². The maximum absolute atomic E-state index is 2.57. The molecule has 1 nitrogen and oxygen atoms in total. The van der Waals surface area contributed by atoms with Crippen LogP contribution in [0.1, 0.15) is 42.7 Å². The van der Waals surface area contributed by atoms with Crippen molar-refractivity contribution in [3.8, 4) is 0 Å². The predicted octanol–water partition coefficient (Wildman–Crippen LogP) is 5.71. The maximum Gasteiger partial charge on any atom is 0.0485 e. The van der Waals surface area contributed by atoms with Gasteiger partial charge in [0.25, 0.3) is 0 Å². The molecular formula is C22H27N. The molecule has 1 heteroatoms. The Kier molecular flexibility index (Phi) is 4.85. The van der Waals surface area contributed by atoms with Gasteiger partial charge in [-0.25, -0.2) is 0 Å². The Hall–Kier alpha value is -2.02.